The molecule has 0 amide bonds. The Bertz CT molecular complexity index is 1110. The highest BCUT2D eigenvalue weighted by molar-refractivity contribution is 7.18. The van der Waals surface area contributed by atoms with Gasteiger partial charge in [0.2, 0.25) is 0 Å². The van der Waals surface area contributed by atoms with Crippen LogP contribution in [-0.4, -0.2) is 34.1 Å². The zero-order valence-electron chi connectivity index (χ0n) is 16.1. The minimum absolute atomic E-state index is 0.0562. The van der Waals surface area contributed by atoms with Gasteiger partial charge in [0.05, 0.1) is 5.39 Å². The lowest BCUT2D eigenvalue weighted by atomic mass is 10.1. The second kappa shape index (κ2) is 8.39. The number of likely N-dealkylation sites (N-methyl/N-ethyl adjacent to an activating group) is 1. The van der Waals surface area contributed by atoms with Gasteiger partial charge in [0.25, 0.3) is 5.56 Å². The molecule has 0 aliphatic rings. The lowest BCUT2D eigenvalue weighted by Gasteiger charge is -2.20. The van der Waals surface area contributed by atoms with Crippen molar-refractivity contribution in [3.63, 3.8) is 0 Å². The number of nitrogens with zero attached hydrogens (tertiary/aromatic N) is 3. The number of rotatable bonds is 7. The Kier molecular flexibility index (Phi) is 5.71. The third kappa shape index (κ3) is 3.55. The van der Waals surface area contributed by atoms with Crippen LogP contribution in [-0.2, 0) is 6.54 Å². The van der Waals surface area contributed by atoms with Crippen LogP contribution >= 0.6 is 22.7 Å². The molecule has 0 bridgehead atoms. The third-order valence-electron chi connectivity index (χ3n) is 5.05. The molecule has 0 radical (unpaired) electrons. The Morgan fingerprint density at radius 1 is 1.04 bits per heavy atom. The van der Waals surface area contributed by atoms with Crippen molar-refractivity contribution in [2.45, 2.75) is 20.4 Å². The van der Waals surface area contributed by atoms with E-state index in [-0.39, 0.29) is 5.56 Å². The van der Waals surface area contributed by atoms with E-state index in [1.54, 1.807) is 22.7 Å². The summed E-state index contributed by atoms with van der Waals surface area (Å²) >= 11 is 3.21. The van der Waals surface area contributed by atoms with Crippen LogP contribution in [0.15, 0.2) is 58.0 Å². The van der Waals surface area contributed by atoms with Crippen molar-refractivity contribution in [1.29, 1.82) is 0 Å². The topological polar surface area (TPSA) is 38.1 Å². The van der Waals surface area contributed by atoms with Crippen molar-refractivity contribution < 1.29 is 0 Å². The molecule has 0 fully saturated rings. The van der Waals surface area contributed by atoms with Crippen LogP contribution in [0, 0.1) is 0 Å². The number of hydrogen-bond donors (Lipinski definition) is 0. The van der Waals surface area contributed by atoms with Gasteiger partial charge in [0.15, 0.2) is 0 Å². The van der Waals surface area contributed by atoms with E-state index < -0.39 is 0 Å². The molecule has 4 nitrogen and oxygen atoms in total. The molecule has 1 aromatic carbocycles. The molecule has 0 saturated carbocycles. The average molecular weight is 410 g/mol. The Balaban J connectivity index is 1.90. The van der Waals surface area contributed by atoms with Gasteiger partial charge in [0, 0.05) is 34.5 Å². The predicted molar refractivity (Wildman–Crippen MR) is 120 cm³/mol. The van der Waals surface area contributed by atoms with Crippen LogP contribution < -0.4 is 5.56 Å². The summed E-state index contributed by atoms with van der Waals surface area (Å²) in [6.45, 7) is 7.71. The molecule has 0 aliphatic heterocycles. The standard InChI is InChI=1S/C22H23N3OS2/c1-3-24(4-2)12-13-25-20(16-9-6-5-7-10-16)23-21-19(22(25)26)17(15-28-21)18-11-8-14-27-18/h5-11,14-15H,3-4,12-13H2,1-2H3. The van der Waals surface area contributed by atoms with Crippen molar-refractivity contribution in [2.75, 3.05) is 19.6 Å². The van der Waals surface area contributed by atoms with Gasteiger partial charge in [-0.05, 0) is 24.5 Å². The molecule has 0 saturated heterocycles. The number of benzene rings is 1. The van der Waals surface area contributed by atoms with Crippen LogP contribution in [0.3, 0.4) is 0 Å². The molecule has 0 N–H and O–H groups in total. The second-order valence-corrected chi connectivity index (χ2v) is 8.40. The monoisotopic (exact) mass is 409 g/mol. The highest BCUT2D eigenvalue weighted by atomic mass is 32.1. The van der Waals surface area contributed by atoms with E-state index in [4.69, 9.17) is 4.98 Å². The van der Waals surface area contributed by atoms with Crippen LogP contribution in [0.1, 0.15) is 13.8 Å². The summed E-state index contributed by atoms with van der Waals surface area (Å²) in [4.78, 5) is 22.8. The third-order valence-corrected chi connectivity index (χ3v) is 6.82. The molecule has 0 spiro atoms. The van der Waals surface area contributed by atoms with Crippen molar-refractivity contribution >= 4 is 32.9 Å². The molecule has 0 unspecified atom stereocenters. The maximum Gasteiger partial charge on any atom is 0.263 e. The minimum atomic E-state index is 0.0562. The fourth-order valence-corrected chi connectivity index (χ4v) is 5.19. The summed E-state index contributed by atoms with van der Waals surface area (Å²) in [7, 11) is 0. The summed E-state index contributed by atoms with van der Waals surface area (Å²) in [5, 5.41) is 4.85. The van der Waals surface area contributed by atoms with E-state index >= 15 is 0 Å². The Hall–Kier alpha value is -2.28. The molecular formula is C22H23N3OS2. The van der Waals surface area contributed by atoms with Gasteiger partial charge in [-0.15, -0.1) is 22.7 Å². The molecule has 6 heteroatoms. The fraction of sp³-hybridized carbons (Fsp3) is 0.273. The van der Waals surface area contributed by atoms with Crippen molar-refractivity contribution in [1.82, 2.24) is 14.5 Å². The van der Waals surface area contributed by atoms with E-state index in [0.29, 0.717) is 6.54 Å². The molecule has 144 valence electrons. The lowest BCUT2D eigenvalue weighted by Crippen LogP contribution is -2.32. The molecule has 0 atom stereocenters. The van der Waals surface area contributed by atoms with Crippen molar-refractivity contribution in [3.05, 3.63) is 63.6 Å². The molecule has 28 heavy (non-hydrogen) atoms. The zero-order valence-corrected chi connectivity index (χ0v) is 17.7. The highest BCUT2D eigenvalue weighted by Crippen LogP contribution is 2.34. The quantitative estimate of drug-likeness (QED) is 0.421. The molecular weight excluding hydrogens is 386 g/mol. The van der Waals surface area contributed by atoms with Gasteiger partial charge in [-0.3, -0.25) is 9.36 Å². The molecule has 4 rings (SSSR count). The van der Waals surface area contributed by atoms with Crippen molar-refractivity contribution in [2.24, 2.45) is 0 Å². The summed E-state index contributed by atoms with van der Waals surface area (Å²) in [6, 6.07) is 14.1. The number of aromatic nitrogens is 2. The second-order valence-electron chi connectivity index (χ2n) is 6.59. The predicted octanol–water partition coefficient (Wildman–Crippen LogP) is 5.20. The first-order valence-corrected chi connectivity index (χ1v) is 11.3. The lowest BCUT2D eigenvalue weighted by molar-refractivity contribution is 0.289. The Labute approximate surface area is 172 Å². The Morgan fingerprint density at radius 2 is 1.82 bits per heavy atom. The van der Waals surface area contributed by atoms with E-state index in [2.05, 4.69) is 30.2 Å². The molecule has 3 heterocycles. The van der Waals surface area contributed by atoms with Gasteiger partial charge in [-0.25, -0.2) is 4.98 Å². The molecule has 4 aromatic rings. The number of hydrogen-bond acceptors (Lipinski definition) is 5. The maximum atomic E-state index is 13.6. The fourth-order valence-electron chi connectivity index (χ4n) is 3.43. The number of fused-ring (bicyclic) bond motifs is 1. The molecule has 0 aliphatic carbocycles. The Morgan fingerprint density at radius 3 is 2.50 bits per heavy atom. The largest absolute Gasteiger partial charge is 0.302 e. The first-order chi connectivity index (χ1) is 13.7. The highest BCUT2D eigenvalue weighted by Gasteiger charge is 2.18. The van der Waals surface area contributed by atoms with E-state index in [1.165, 1.54) is 0 Å². The van der Waals surface area contributed by atoms with Gasteiger partial charge < -0.3 is 4.90 Å². The van der Waals surface area contributed by atoms with Crippen molar-refractivity contribution in [3.8, 4) is 21.8 Å². The van der Waals surface area contributed by atoms with Gasteiger partial charge in [-0.1, -0.05) is 50.2 Å². The maximum absolute atomic E-state index is 13.6. The summed E-state index contributed by atoms with van der Waals surface area (Å²) < 4.78 is 1.86. The average Bonchev–Trinajstić information content (AvgIpc) is 3.40. The van der Waals surface area contributed by atoms with Gasteiger partial charge >= 0.3 is 0 Å². The van der Waals surface area contributed by atoms with E-state index in [1.807, 2.05) is 46.3 Å². The normalized spacial score (nSPS) is 11.5. The van der Waals surface area contributed by atoms with Gasteiger partial charge in [-0.2, -0.15) is 0 Å². The first kappa shape index (κ1) is 19.1. The summed E-state index contributed by atoms with van der Waals surface area (Å²) in [5.41, 5.74) is 2.04. The SMILES string of the molecule is CCN(CC)CCn1c(-c2ccccc2)nc2scc(-c3cccs3)c2c1=O. The van der Waals surface area contributed by atoms with E-state index in [0.717, 1.165) is 51.7 Å². The van der Waals surface area contributed by atoms with Crippen LogP contribution in [0.25, 0.3) is 32.0 Å². The van der Waals surface area contributed by atoms with Crippen LogP contribution in [0.5, 0.6) is 0 Å². The smallest absolute Gasteiger partial charge is 0.263 e. The van der Waals surface area contributed by atoms with Crippen LogP contribution in [0.2, 0.25) is 0 Å². The zero-order chi connectivity index (χ0) is 19.5. The minimum Gasteiger partial charge on any atom is -0.302 e. The van der Waals surface area contributed by atoms with E-state index in [9.17, 15) is 4.79 Å². The first-order valence-electron chi connectivity index (χ1n) is 9.56. The van der Waals surface area contributed by atoms with Crippen LogP contribution in [0.4, 0.5) is 0 Å². The van der Waals surface area contributed by atoms with Gasteiger partial charge in [0.1, 0.15) is 10.7 Å². The summed E-state index contributed by atoms with van der Waals surface area (Å²) in [5.74, 6) is 0.754. The molecule has 3 aromatic heterocycles. The number of thiophene rings is 2. The summed E-state index contributed by atoms with van der Waals surface area (Å²) in [6.07, 6.45) is 0.